The number of hydrogen-bond donors (Lipinski definition) is 1. The third-order valence-electron chi connectivity index (χ3n) is 11.4. The highest BCUT2D eigenvalue weighted by molar-refractivity contribution is 7.85. The number of piperazine rings is 1. The maximum Gasteiger partial charge on any atom is 0.336 e. The summed E-state index contributed by atoms with van der Waals surface area (Å²) >= 11 is 13.5. The highest BCUT2D eigenvalue weighted by Gasteiger charge is 2.59. The van der Waals surface area contributed by atoms with Crippen LogP contribution in [0, 0.1) is 10.8 Å². The highest BCUT2D eigenvalue weighted by Crippen LogP contribution is 2.62. The second kappa shape index (κ2) is 14.8. The lowest BCUT2D eigenvalue weighted by atomic mass is 9.71. The number of benzene rings is 2. The minimum Gasteiger partial charge on any atom is -0.466 e. The number of fused-ring (bicyclic) bond motifs is 1. The topological polar surface area (TPSA) is 122 Å². The number of Topliss-reactive ketones (excluding diaryl/α,β-unsaturated/α-hetero) is 1. The van der Waals surface area contributed by atoms with Crippen LogP contribution in [0.15, 0.2) is 76.0 Å². The molecule has 2 aromatic rings. The number of carbonyl (C=O) groups is 4. The van der Waals surface area contributed by atoms with Gasteiger partial charge in [0.2, 0.25) is 5.91 Å². The molecule has 1 N–H and O–H groups in total. The van der Waals surface area contributed by atoms with Gasteiger partial charge in [0.05, 0.1) is 54.3 Å². The molecule has 3 fully saturated rings. The fraction of sp³-hybridized carbons (Fsp3) is 0.474. The van der Waals surface area contributed by atoms with E-state index in [2.05, 4.69) is 24.1 Å². The Labute approximate surface area is 310 Å². The number of carbonyl (C=O) groups excluding carboxylic acids is 4. The first-order valence-corrected chi connectivity index (χ1v) is 19.2. The molecule has 0 spiro atoms. The van der Waals surface area contributed by atoms with Gasteiger partial charge in [-0.1, -0.05) is 61.3 Å². The Bertz CT molecular complexity index is 1800. The SMILES string of the molecule is COC(=O)C1=C(CC(=O)N2CCN(C3CC4(C)CC(=O)CC4(C)C3)CC2)NC(CS(=O)c2ccccc2)=C(C(=O)OC)C1c1c(Cl)cccc1Cl. The van der Waals surface area contributed by atoms with Crippen LogP contribution in [0.4, 0.5) is 0 Å². The van der Waals surface area contributed by atoms with Crippen LogP contribution in [0.1, 0.15) is 57.4 Å². The lowest BCUT2D eigenvalue weighted by molar-refractivity contribution is -0.137. The van der Waals surface area contributed by atoms with Crippen molar-refractivity contribution in [1.29, 1.82) is 0 Å². The molecule has 1 saturated heterocycles. The summed E-state index contributed by atoms with van der Waals surface area (Å²) in [7, 11) is 0.804. The zero-order valence-electron chi connectivity index (χ0n) is 29.3. The lowest BCUT2D eigenvalue weighted by Gasteiger charge is -2.39. The van der Waals surface area contributed by atoms with Gasteiger partial charge in [-0.3, -0.25) is 18.7 Å². The summed E-state index contributed by atoms with van der Waals surface area (Å²) in [5.41, 5.74) is 0.676. The van der Waals surface area contributed by atoms with Gasteiger partial charge in [-0.25, -0.2) is 9.59 Å². The number of hydrogen-bond acceptors (Lipinski definition) is 9. The van der Waals surface area contributed by atoms with Crippen molar-refractivity contribution in [2.45, 2.75) is 62.8 Å². The standard InChI is InChI=1S/C38H43Cl2N3O7S/c1-37-18-23(19-38(37,2)21-24(44)20-37)42-13-15-43(16-14-42)30(45)17-28-32(35(46)49-3)34(31-26(39)11-8-12-27(31)40)33(36(47)50-4)29(41-28)22-51(48)25-9-6-5-7-10-25/h5-12,23,34,41H,13-22H2,1-4H3. The van der Waals surface area contributed by atoms with Gasteiger partial charge < -0.3 is 19.7 Å². The summed E-state index contributed by atoms with van der Waals surface area (Å²) < 4.78 is 24.1. The molecule has 51 heavy (non-hydrogen) atoms. The second-order valence-corrected chi connectivity index (χ2v) is 16.7. The molecule has 6 rings (SSSR count). The number of esters is 2. The fourth-order valence-electron chi connectivity index (χ4n) is 8.59. The van der Waals surface area contributed by atoms with Crippen molar-refractivity contribution in [1.82, 2.24) is 15.1 Å². The molecule has 13 heteroatoms. The van der Waals surface area contributed by atoms with Crippen molar-refractivity contribution in [2.75, 3.05) is 46.2 Å². The summed E-state index contributed by atoms with van der Waals surface area (Å²) in [6.45, 7) is 6.87. The maximum atomic E-state index is 14.1. The van der Waals surface area contributed by atoms with Crippen LogP contribution in [0.25, 0.3) is 0 Å². The Balaban J connectivity index is 1.31. The third kappa shape index (κ3) is 7.14. The lowest BCUT2D eigenvalue weighted by Crippen LogP contribution is -2.52. The Kier molecular flexibility index (Phi) is 10.8. The quantitative estimate of drug-likeness (QED) is 0.335. The molecule has 2 aromatic carbocycles. The zero-order chi connectivity index (χ0) is 36.7. The molecule has 2 aliphatic carbocycles. The summed E-state index contributed by atoms with van der Waals surface area (Å²) in [4.78, 5) is 58.4. The number of dihydropyridines is 1. The number of ketones is 1. The van der Waals surface area contributed by atoms with E-state index in [4.69, 9.17) is 32.7 Å². The zero-order valence-corrected chi connectivity index (χ0v) is 31.6. The largest absolute Gasteiger partial charge is 0.466 e. The average molecular weight is 757 g/mol. The molecule has 4 aliphatic rings. The molecular weight excluding hydrogens is 713 g/mol. The van der Waals surface area contributed by atoms with E-state index in [-0.39, 0.29) is 67.1 Å². The summed E-state index contributed by atoms with van der Waals surface area (Å²) in [5.74, 6) is -2.77. The molecule has 4 unspecified atom stereocenters. The molecule has 4 atom stereocenters. The van der Waals surface area contributed by atoms with Crippen molar-refractivity contribution >= 4 is 57.6 Å². The van der Waals surface area contributed by atoms with Crippen LogP contribution in [-0.2, 0) is 39.5 Å². The van der Waals surface area contributed by atoms with Crippen LogP contribution >= 0.6 is 23.2 Å². The molecule has 0 aromatic heterocycles. The molecule has 0 bridgehead atoms. The van der Waals surface area contributed by atoms with Gasteiger partial charge in [0, 0.05) is 77.0 Å². The normalized spacial score (nSPS) is 27.3. The minimum absolute atomic E-state index is 0.00462. The average Bonchev–Trinajstić information content (AvgIpc) is 3.49. The molecular formula is C38H43Cl2N3O7S. The van der Waals surface area contributed by atoms with Gasteiger partial charge in [0.15, 0.2) is 0 Å². The van der Waals surface area contributed by atoms with E-state index in [1.54, 1.807) is 47.4 Å². The number of amides is 1. The first-order valence-electron chi connectivity index (χ1n) is 17.1. The van der Waals surface area contributed by atoms with E-state index in [1.165, 1.54) is 14.2 Å². The number of nitrogens with one attached hydrogen (secondary N) is 1. The van der Waals surface area contributed by atoms with E-state index in [1.807, 2.05) is 6.07 Å². The Morgan fingerprint density at radius 2 is 1.39 bits per heavy atom. The molecule has 2 aliphatic heterocycles. The van der Waals surface area contributed by atoms with E-state index in [0.29, 0.717) is 55.7 Å². The van der Waals surface area contributed by atoms with Crippen LogP contribution in [0.2, 0.25) is 10.0 Å². The van der Waals surface area contributed by atoms with Crippen LogP contribution in [0.3, 0.4) is 0 Å². The van der Waals surface area contributed by atoms with E-state index in [9.17, 15) is 23.4 Å². The van der Waals surface area contributed by atoms with Crippen molar-refractivity contribution in [3.8, 4) is 0 Å². The third-order valence-corrected chi connectivity index (χ3v) is 13.4. The van der Waals surface area contributed by atoms with Gasteiger partial charge in [-0.05, 0) is 47.9 Å². The molecule has 10 nitrogen and oxygen atoms in total. The molecule has 1 amide bonds. The smallest absolute Gasteiger partial charge is 0.336 e. The van der Waals surface area contributed by atoms with Gasteiger partial charge in [-0.2, -0.15) is 0 Å². The first-order chi connectivity index (χ1) is 24.3. The predicted octanol–water partition coefficient (Wildman–Crippen LogP) is 5.41. The summed E-state index contributed by atoms with van der Waals surface area (Å²) in [6.07, 6.45) is 2.99. The maximum absolute atomic E-state index is 14.1. The van der Waals surface area contributed by atoms with Gasteiger partial charge in [0.25, 0.3) is 0 Å². The van der Waals surface area contributed by atoms with E-state index >= 15 is 0 Å². The summed E-state index contributed by atoms with van der Waals surface area (Å²) in [5, 5.41) is 3.55. The number of ether oxygens (including phenoxy) is 2. The van der Waals surface area contributed by atoms with E-state index in [0.717, 1.165) is 12.8 Å². The van der Waals surface area contributed by atoms with E-state index < -0.39 is 28.7 Å². The Morgan fingerprint density at radius 1 is 0.843 bits per heavy atom. The van der Waals surface area contributed by atoms with Gasteiger partial charge in [0.1, 0.15) is 5.78 Å². The van der Waals surface area contributed by atoms with Crippen molar-refractivity contribution in [3.05, 3.63) is 86.7 Å². The van der Waals surface area contributed by atoms with Crippen LogP contribution in [-0.4, -0.2) is 89.8 Å². The first kappa shape index (κ1) is 37.3. The molecule has 0 radical (unpaired) electrons. The summed E-state index contributed by atoms with van der Waals surface area (Å²) in [6, 6.07) is 14.0. The predicted molar refractivity (Wildman–Crippen MR) is 194 cm³/mol. The van der Waals surface area contributed by atoms with Gasteiger partial charge >= 0.3 is 11.9 Å². The number of rotatable bonds is 9. The van der Waals surface area contributed by atoms with Crippen LogP contribution < -0.4 is 5.32 Å². The fourth-order valence-corrected chi connectivity index (χ4v) is 10.3. The second-order valence-electron chi connectivity index (χ2n) is 14.4. The Morgan fingerprint density at radius 3 is 1.94 bits per heavy atom. The number of methoxy groups -OCH3 is 2. The molecule has 272 valence electrons. The Hall–Kier alpha value is -3.51. The van der Waals surface area contributed by atoms with Crippen molar-refractivity contribution < 1.29 is 32.9 Å². The number of halogens is 2. The number of nitrogens with zero attached hydrogens (tertiary/aromatic N) is 2. The van der Waals surface area contributed by atoms with Crippen LogP contribution in [0.5, 0.6) is 0 Å². The monoisotopic (exact) mass is 755 g/mol. The minimum atomic E-state index is -1.63. The van der Waals surface area contributed by atoms with Crippen molar-refractivity contribution in [3.63, 3.8) is 0 Å². The highest BCUT2D eigenvalue weighted by atomic mass is 35.5. The molecule has 2 saturated carbocycles. The van der Waals surface area contributed by atoms with Crippen molar-refractivity contribution in [2.24, 2.45) is 10.8 Å². The van der Waals surface area contributed by atoms with Gasteiger partial charge in [-0.15, -0.1) is 0 Å². The molecule has 2 heterocycles.